The average Bonchev–Trinajstić information content (AvgIpc) is 2.88. The number of anilines is 1. The second kappa shape index (κ2) is 6.15. The third-order valence-corrected chi connectivity index (χ3v) is 2.44. The minimum atomic E-state index is -0.380. The maximum atomic E-state index is 12.7. The molecule has 100 valence electrons. The van der Waals surface area contributed by atoms with E-state index in [-0.39, 0.29) is 17.5 Å². The molecule has 0 aliphatic rings. The number of hydrogen-bond donors (Lipinski definition) is 1. The van der Waals surface area contributed by atoms with Crippen LogP contribution in [0.15, 0.2) is 40.8 Å². The summed E-state index contributed by atoms with van der Waals surface area (Å²) in [5, 5.41) is 2.61. The standard InChI is InChI=1S/C14H14FNO3/c1-2-18-9-12-7-8-13(19-12)14(17)16-11-5-3-10(15)4-6-11/h3-8H,2,9H2,1H3,(H,16,17). The number of hydrogen-bond acceptors (Lipinski definition) is 3. The maximum Gasteiger partial charge on any atom is 0.291 e. The Morgan fingerprint density at radius 2 is 2.00 bits per heavy atom. The molecule has 0 saturated carbocycles. The highest BCUT2D eigenvalue weighted by Crippen LogP contribution is 2.13. The maximum absolute atomic E-state index is 12.7. The molecule has 0 spiro atoms. The van der Waals surface area contributed by atoms with Gasteiger partial charge in [-0.1, -0.05) is 0 Å². The summed E-state index contributed by atoms with van der Waals surface area (Å²) >= 11 is 0. The molecule has 1 aromatic heterocycles. The second-order valence-electron chi connectivity index (χ2n) is 3.86. The summed E-state index contributed by atoms with van der Waals surface area (Å²) in [5.74, 6) is 0.0505. The van der Waals surface area contributed by atoms with Gasteiger partial charge < -0.3 is 14.5 Å². The van der Waals surface area contributed by atoms with Crippen LogP contribution in [-0.2, 0) is 11.3 Å². The number of halogens is 1. The van der Waals surface area contributed by atoms with Crippen molar-refractivity contribution in [1.82, 2.24) is 0 Å². The normalized spacial score (nSPS) is 10.4. The molecule has 2 aromatic rings. The molecule has 1 amide bonds. The van der Waals surface area contributed by atoms with Crippen molar-refractivity contribution in [3.8, 4) is 0 Å². The SMILES string of the molecule is CCOCc1ccc(C(=O)Nc2ccc(F)cc2)o1. The first-order chi connectivity index (χ1) is 9.19. The summed E-state index contributed by atoms with van der Waals surface area (Å²) in [6.07, 6.45) is 0. The van der Waals surface area contributed by atoms with Crippen LogP contribution in [0.4, 0.5) is 10.1 Å². The Hall–Kier alpha value is -2.14. The van der Waals surface area contributed by atoms with Gasteiger partial charge in [0, 0.05) is 12.3 Å². The third kappa shape index (κ3) is 3.66. The van der Waals surface area contributed by atoms with Crippen molar-refractivity contribution in [2.75, 3.05) is 11.9 Å². The summed E-state index contributed by atoms with van der Waals surface area (Å²) in [6, 6.07) is 8.79. The van der Waals surface area contributed by atoms with Gasteiger partial charge in [0.1, 0.15) is 18.2 Å². The Morgan fingerprint density at radius 1 is 1.26 bits per heavy atom. The van der Waals surface area contributed by atoms with Crippen molar-refractivity contribution in [2.45, 2.75) is 13.5 Å². The highest BCUT2D eigenvalue weighted by Gasteiger charge is 2.11. The van der Waals surface area contributed by atoms with E-state index in [1.807, 2.05) is 6.92 Å². The van der Waals surface area contributed by atoms with Crippen LogP contribution >= 0.6 is 0 Å². The summed E-state index contributed by atoms with van der Waals surface area (Å²) in [5.41, 5.74) is 0.508. The fourth-order valence-corrected chi connectivity index (χ4v) is 1.51. The molecule has 0 fully saturated rings. The molecule has 2 rings (SSSR count). The van der Waals surface area contributed by atoms with Gasteiger partial charge in [-0.2, -0.15) is 0 Å². The van der Waals surface area contributed by atoms with E-state index < -0.39 is 0 Å². The Morgan fingerprint density at radius 3 is 2.68 bits per heavy atom. The van der Waals surface area contributed by atoms with Crippen LogP contribution in [0.1, 0.15) is 23.2 Å². The predicted octanol–water partition coefficient (Wildman–Crippen LogP) is 3.21. The highest BCUT2D eigenvalue weighted by molar-refractivity contribution is 6.02. The minimum absolute atomic E-state index is 0.194. The van der Waals surface area contributed by atoms with Crippen molar-refractivity contribution < 1.29 is 18.3 Å². The number of benzene rings is 1. The number of carbonyl (C=O) groups excluding carboxylic acids is 1. The van der Waals surface area contributed by atoms with Gasteiger partial charge in [0.25, 0.3) is 5.91 Å². The summed E-state index contributed by atoms with van der Waals surface area (Å²) < 4.78 is 23.2. The molecule has 0 aliphatic heterocycles. The molecule has 4 nitrogen and oxygen atoms in total. The predicted molar refractivity (Wildman–Crippen MR) is 68.4 cm³/mol. The quantitative estimate of drug-likeness (QED) is 0.901. The Kier molecular flexibility index (Phi) is 4.30. The molecule has 1 heterocycles. The molecule has 1 aromatic carbocycles. The average molecular weight is 263 g/mol. The Balaban J connectivity index is 1.99. The molecule has 0 radical (unpaired) electrons. The van der Waals surface area contributed by atoms with Gasteiger partial charge in [-0.3, -0.25) is 4.79 Å². The molecule has 1 N–H and O–H groups in total. The fourth-order valence-electron chi connectivity index (χ4n) is 1.51. The van der Waals surface area contributed by atoms with Crippen LogP contribution in [0.25, 0.3) is 0 Å². The number of nitrogens with one attached hydrogen (secondary N) is 1. The topological polar surface area (TPSA) is 51.5 Å². The zero-order valence-corrected chi connectivity index (χ0v) is 10.5. The first kappa shape index (κ1) is 13.3. The van der Waals surface area contributed by atoms with Crippen molar-refractivity contribution in [3.63, 3.8) is 0 Å². The molecule has 5 heteroatoms. The van der Waals surface area contributed by atoms with Gasteiger partial charge in [0.05, 0.1) is 0 Å². The zero-order valence-electron chi connectivity index (χ0n) is 10.5. The van der Waals surface area contributed by atoms with Crippen molar-refractivity contribution >= 4 is 11.6 Å². The van der Waals surface area contributed by atoms with Crippen LogP contribution in [0.5, 0.6) is 0 Å². The Labute approximate surface area is 110 Å². The van der Waals surface area contributed by atoms with Gasteiger partial charge in [-0.05, 0) is 43.3 Å². The van der Waals surface area contributed by atoms with E-state index in [0.717, 1.165) is 0 Å². The lowest BCUT2D eigenvalue weighted by atomic mass is 10.3. The van der Waals surface area contributed by atoms with E-state index in [1.165, 1.54) is 24.3 Å². The lowest BCUT2D eigenvalue weighted by Crippen LogP contribution is -2.10. The number of rotatable bonds is 5. The largest absolute Gasteiger partial charge is 0.453 e. The molecular formula is C14H14FNO3. The van der Waals surface area contributed by atoms with E-state index in [1.54, 1.807) is 12.1 Å². The smallest absolute Gasteiger partial charge is 0.291 e. The van der Waals surface area contributed by atoms with Crippen molar-refractivity contribution in [3.05, 3.63) is 53.7 Å². The first-order valence-electron chi connectivity index (χ1n) is 5.92. The third-order valence-electron chi connectivity index (χ3n) is 2.44. The molecule has 0 atom stereocenters. The zero-order chi connectivity index (χ0) is 13.7. The van der Waals surface area contributed by atoms with Gasteiger partial charge >= 0.3 is 0 Å². The highest BCUT2D eigenvalue weighted by atomic mass is 19.1. The van der Waals surface area contributed by atoms with Crippen LogP contribution in [-0.4, -0.2) is 12.5 Å². The number of carbonyl (C=O) groups is 1. The number of ether oxygens (including phenoxy) is 1. The van der Waals surface area contributed by atoms with Crippen LogP contribution in [0, 0.1) is 5.82 Å². The van der Waals surface area contributed by atoms with Crippen LogP contribution < -0.4 is 5.32 Å². The van der Waals surface area contributed by atoms with E-state index in [9.17, 15) is 9.18 Å². The molecule has 0 aliphatic carbocycles. The van der Waals surface area contributed by atoms with E-state index in [2.05, 4.69) is 5.32 Å². The van der Waals surface area contributed by atoms with Crippen molar-refractivity contribution in [2.24, 2.45) is 0 Å². The first-order valence-corrected chi connectivity index (χ1v) is 5.92. The number of amides is 1. The summed E-state index contributed by atoms with van der Waals surface area (Å²) in [4.78, 5) is 11.8. The monoisotopic (exact) mass is 263 g/mol. The summed E-state index contributed by atoms with van der Waals surface area (Å²) in [7, 11) is 0. The van der Waals surface area contributed by atoms with Crippen LogP contribution in [0.2, 0.25) is 0 Å². The second-order valence-corrected chi connectivity index (χ2v) is 3.86. The lowest BCUT2D eigenvalue weighted by molar-refractivity contribution is 0.0972. The number of furan rings is 1. The van der Waals surface area contributed by atoms with Gasteiger partial charge in [-0.15, -0.1) is 0 Å². The minimum Gasteiger partial charge on any atom is -0.453 e. The lowest BCUT2D eigenvalue weighted by Gasteiger charge is -2.02. The van der Waals surface area contributed by atoms with Gasteiger partial charge in [-0.25, -0.2) is 4.39 Å². The van der Waals surface area contributed by atoms with Crippen LogP contribution in [0.3, 0.4) is 0 Å². The molecule has 19 heavy (non-hydrogen) atoms. The molecule has 0 bridgehead atoms. The van der Waals surface area contributed by atoms with Gasteiger partial charge in [0.2, 0.25) is 0 Å². The van der Waals surface area contributed by atoms with E-state index in [0.29, 0.717) is 24.7 Å². The summed E-state index contributed by atoms with van der Waals surface area (Å²) in [6.45, 7) is 2.79. The fraction of sp³-hybridized carbons (Fsp3) is 0.214. The van der Waals surface area contributed by atoms with E-state index in [4.69, 9.17) is 9.15 Å². The van der Waals surface area contributed by atoms with E-state index >= 15 is 0 Å². The molecule has 0 unspecified atom stereocenters. The molecule has 0 saturated heterocycles. The Bertz CT molecular complexity index is 548. The molecular weight excluding hydrogens is 249 g/mol. The van der Waals surface area contributed by atoms with Crippen molar-refractivity contribution in [1.29, 1.82) is 0 Å². The van der Waals surface area contributed by atoms with Gasteiger partial charge in [0.15, 0.2) is 5.76 Å².